The fourth-order valence-electron chi connectivity index (χ4n) is 1.64. The zero-order chi connectivity index (χ0) is 11.6. The highest BCUT2D eigenvalue weighted by Crippen LogP contribution is 2.26. The van der Waals surface area contributed by atoms with Gasteiger partial charge in [-0.2, -0.15) is 0 Å². The Morgan fingerprint density at radius 3 is 2.40 bits per heavy atom. The van der Waals surface area contributed by atoms with Gasteiger partial charge in [0.05, 0.1) is 0 Å². The molecule has 0 N–H and O–H groups in total. The van der Waals surface area contributed by atoms with Crippen LogP contribution < -0.4 is 0 Å². The van der Waals surface area contributed by atoms with Gasteiger partial charge in [0.2, 0.25) is 0 Å². The molecule has 0 aliphatic heterocycles. The zero-order valence-electron chi connectivity index (χ0n) is 9.10. The number of hydrogen-bond donors (Lipinski definition) is 0. The van der Waals surface area contributed by atoms with Crippen LogP contribution in [0.5, 0.6) is 0 Å². The van der Waals surface area contributed by atoms with E-state index in [2.05, 4.69) is 0 Å². The number of aryl methyl sites for hydroxylation is 2. The van der Waals surface area contributed by atoms with Gasteiger partial charge in [0.25, 0.3) is 6.43 Å². The topological polar surface area (TPSA) is 17.1 Å². The van der Waals surface area contributed by atoms with Gasteiger partial charge in [0.15, 0.2) is 5.78 Å². The van der Waals surface area contributed by atoms with E-state index in [1.807, 2.05) is 13.8 Å². The largest absolute Gasteiger partial charge is 0.294 e. The minimum absolute atomic E-state index is 0.139. The van der Waals surface area contributed by atoms with E-state index in [0.717, 1.165) is 11.1 Å². The van der Waals surface area contributed by atoms with Gasteiger partial charge < -0.3 is 0 Å². The highest BCUT2D eigenvalue weighted by Gasteiger charge is 2.17. The van der Waals surface area contributed by atoms with Crippen LogP contribution in [0.3, 0.4) is 0 Å². The van der Waals surface area contributed by atoms with Crippen LogP contribution in [0.1, 0.15) is 47.3 Å². The standard InChI is InChI=1S/C12H14F2O/c1-4-9-6-11(12(13)14)10(8(3)15)5-7(9)2/h5-6,12H,4H2,1-3H3. The van der Waals surface area contributed by atoms with Crippen molar-refractivity contribution in [3.05, 3.63) is 34.4 Å². The van der Waals surface area contributed by atoms with E-state index in [9.17, 15) is 13.6 Å². The fraction of sp³-hybridized carbons (Fsp3) is 0.417. The summed E-state index contributed by atoms with van der Waals surface area (Å²) in [7, 11) is 0. The molecule has 0 amide bonds. The van der Waals surface area contributed by atoms with E-state index in [1.54, 1.807) is 6.07 Å². The van der Waals surface area contributed by atoms with E-state index in [-0.39, 0.29) is 16.9 Å². The Bertz CT molecular complexity index is 383. The van der Waals surface area contributed by atoms with Gasteiger partial charge in [-0.25, -0.2) is 8.78 Å². The summed E-state index contributed by atoms with van der Waals surface area (Å²) in [5.41, 5.74) is 1.76. The first kappa shape index (κ1) is 11.8. The van der Waals surface area contributed by atoms with Crippen molar-refractivity contribution in [2.24, 2.45) is 0 Å². The number of ketones is 1. The lowest BCUT2D eigenvalue weighted by Crippen LogP contribution is -2.03. The molecular formula is C12H14F2O. The molecule has 1 aromatic carbocycles. The summed E-state index contributed by atoms with van der Waals surface area (Å²) in [5.74, 6) is -0.309. The molecule has 0 aromatic heterocycles. The van der Waals surface area contributed by atoms with Crippen LogP contribution in [0.4, 0.5) is 8.78 Å². The monoisotopic (exact) mass is 212 g/mol. The van der Waals surface area contributed by atoms with Crippen molar-refractivity contribution in [2.45, 2.75) is 33.6 Å². The first-order valence-corrected chi connectivity index (χ1v) is 4.89. The van der Waals surface area contributed by atoms with Crippen LogP contribution in [0.25, 0.3) is 0 Å². The van der Waals surface area contributed by atoms with E-state index in [1.165, 1.54) is 13.0 Å². The average Bonchev–Trinajstić information content (AvgIpc) is 2.16. The predicted molar refractivity (Wildman–Crippen MR) is 55.5 cm³/mol. The molecular weight excluding hydrogens is 198 g/mol. The summed E-state index contributed by atoms with van der Waals surface area (Å²) in [6.07, 6.45) is -1.89. The van der Waals surface area contributed by atoms with Crippen molar-refractivity contribution in [2.75, 3.05) is 0 Å². The number of halogens is 2. The third kappa shape index (κ3) is 2.41. The maximum absolute atomic E-state index is 12.7. The Labute approximate surface area is 88.1 Å². The van der Waals surface area contributed by atoms with E-state index in [4.69, 9.17) is 0 Å². The van der Waals surface area contributed by atoms with Gasteiger partial charge in [-0.3, -0.25) is 4.79 Å². The molecule has 0 heterocycles. The van der Waals surface area contributed by atoms with Crippen molar-refractivity contribution in [3.63, 3.8) is 0 Å². The van der Waals surface area contributed by atoms with E-state index < -0.39 is 6.43 Å². The van der Waals surface area contributed by atoms with Gasteiger partial charge >= 0.3 is 0 Å². The molecule has 1 aromatic rings. The molecule has 0 radical (unpaired) electrons. The van der Waals surface area contributed by atoms with Crippen LogP contribution in [-0.2, 0) is 6.42 Å². The van der Waals surface area contributed by atoms with Crippen molar-refractivity contribution in [1.82, 2.24) is 0 Å². The molecule has 0 saturated carbocycles. The molecule has 0 saturated heterocycles. The van der Waals surface area contributed by atoms with Crippen LogP contribution in [0.2, 0.25) is 0 Å². The van der Waals surface area contributed by atoms with Crippen molar-refractivity contribution in [3.8, 4) is 0 Å². The summed E-state index contributed by atoms with van der Waals surface area (Å²) in [4.78, 5) is 11.2. The molecule has 0 aliphatic carbocycles. The quantitative estimate of drug-likeness (QED) is 0.698. The molecule has 0 bridgehead atoms. The molecule has 1 rings (SSSR count). The van der Waals surface area contributed by atoms with Crippen LogP contribution in [0.15, 0.2) is 12.1 Å². The van der Waals surface area contributed by atoms with E-state index >= 15 is 0 Å². The lowest BCUT2D eigenvalue weighted by Gasteiger charge is -2.11. The first-order chi connectivity index (χ1) is 6.97. The second kappa shape index (κ2) is 4.51. The number of benzene rings is 1. The maximum atomic E-state index is 12.7. The molecule has 15 heavy (non-hydrogen) atoms. The third-order valence-corrected chi connectivity index (χ3v) is 2.50. The Morgan fingerprint density at radius 2 is 2.00 bits per heavy atom. The van der Waals surface area contributed by atoms with Gasteiger partial charge in [-0.05, 0) is 43.5 Å². The smallest absolute Gasteiger partial charge is 0.264 e. The summed E-state index contributed by atoms with van der Waals surface area (Å²) in [5, 5.41) is 0. The first-order valence-electron chi connectivity index (χ1n) is 4.89. The summed E-state index contributed by atoms with van der Waals surface area (Å²) < 4.78 is 25.4. The molecule has 0 atom stereocenters. The Hall–Kier alpha value is -1.25. The number of carbonyl (C=O) groups is 1. The second-order valence-electron chi connectivity index (χ2n) is 3.58. The number of alkyl halides is 2. The molecule has 3 heteroatoms. The zero-order valence-corrected chi connectivity index (χ0v) is 9.10. The van der Waals surface area contributed by atoms with Crippen molar-refractivity contribution >= 4 is 5.78 Å². The Balaban J connectivity index is 3.38. The number of hydrogen-bond acceptors (Lipinski definition) is 1. The summed E-state index contributed by atoms with van der Waals surface area (Å²) in [6, 6.07) is 3.00. The second-order valence-corrected chi connectivity index (χ2v) is 3.58. The molecule has 0 fully saturated rings. The number of Topliss-reactive ketones (excluding diaryl/α,β-unsaturated/α-hetero) is 1. The lowest BCUT2D eigenvalue weighted by atomic mass is 9.96. The van der Waals surface area contributed by atoms with Gasteiger partial charge in [0, 0.05) is 11.1 Å². The van der Waals surface area contributed by atoms with E-state index in [0.29, 0.717) is 6.42 Å². The third-order valence-electron chi connectivity index (χ3n) is 2.50. The minimum Gasteiger partial charge on any atom is -0.294 e. The fourth-order valence-corrected chi connectivity index (χ4v) is 1.64. The molecule has 0 aliphatic rings. The number of rotatable bonds is 3. The van der Waals surface area contributed by atoms with Crippen LogP contribution in [0, 0.1) is 6.92 Å². The number of carbonyl (C=O) groups excluding carboxylic acids is 1. The van der Waals surface area contributed by atoms with Crippen LogP contribution >= 0.6 is 0 Å². The summed E-state index contributed by atoms with van der Waals surface area (Å²) >= 11 is 0. The Morgan fingerprint density at radius 1 is 1.40 bits per heavy atom. The van der Waals surface area contributed by atoms with Crippen molar-refractivity contribution < 1.29 is 13.6 Å². The highest BCUT2D eigenvalue weighted by atomic mass is 19.3. The molecule has 0 spiro atoms. The van der Waals surface area contributed by atoms with Crippen LogP contribution in [-0.4, -0.2) is 5.78 Å². The SMILES string of the molecule is CCc1cc(C(F)F)c(C(C)=O)cc1C. The molecule has 0 unspecified atom stereocenters. The minimum atomic E-state index is -2.59. The maximum Gasteiger partial charge on any atom is 0.264 e. The predicted octanol–water partition coefficient (Wildman–Crippen LogP) is 3.70. The van der Waals surface area contributed by atoms with Gasteiger partial charge in [0.1, 0.15) is 0 Å². The van der Waals surface area contributed by atoms with Gasteiger partial charge in [-0.15, -0.1) is 0 Å². The molecule has 82 valence electrons. The van der Waals surface area contributed by atoms with Gasteiger partial charge in [-0.1, -0.05) is 6.92 Å². The van der Waals surface area contributed by atoms with Crippen molar-refractivity contribution in [1.29, 1.82) is 0 Å². The Kier molecular flexibility index (Phi) is 3.56. The summed E-state index contributed by atoms with van der Waals surface area (Å²) in [6.45, 7) is 5.05. The normalized spacial score (nSPS) is 10.8. The average molecular weight is 212 g/mol. The highest BCUT2D eigenvalue weighted by molar-refractivity contribution is 5.96. The molecule has 1 nitrogen and oxygen atoms in total. The lowest BCUT2D eigenvalue weighted by molar-refractivity contribution is 0.0999.